The molecule has 3 nitrogen and oxygen atoms in total. The number of hydrogen-bond acceptors (Lipinski definition) is 4. The van der Waals surface area contributed by atoms with Gasteiger partial charge in [-0.05, 0) is 26.2 Å². The van der Waals surface area contributed by atoms with Crippen molar-refractivity contribution >= 4 is 11.8 Å². The Kier molecular flexibility index (Phi) is 5.15. The van der Waals surface area contributed by atoms with Crippen LogP contribution in [-0.4, -0.2) is 29.8 Å². The third-order valence-electron chi connectivity index (χ3n) is 2.72. The molecule has 0 saturated heterocycles. The predicted octanol–water partition coefficient (Wildman–Crippen LogP) is 2.63. The molecule has 96 valence electrons. The van der Waals surface area contributed by atoms with Gasteiger partial charge in [0.2, 0.25) is 0 Å². The molecule has 1 aromatic rings. The Morgan fingerprint density at radius 1 is 1.41 bits per heavy atom. The summed E-state index contributed by atoms with van der Waals surface area (Å²) in [5, 5.41) is 13.3. The van der Waals surface area contributed by atoms with Crippen LogP contribution >= 0.6 is 11.8 Å². The summed E-state index contributed by atoms with van der Waals surface area (Å²) in [5.74, 6) is 0.748. The van der Waals surface area contributed by atoms with Gasteiger partial charge in [-0.1, -0.05) is 12.1 Å². The van der Waals surface area contributed by atoms with Gasteiger partial charge in [-0.25, -0.2) is 0 Å². The van der Waals surface area contributed by atoms with Gasteiger partial charge in [0, 0.05) is 23.4 Å². The molecule has 0 spiro atoms. The number of phenols is 1. The Morgan fingerprint density at radius 2 is 2.12 bits per heavy atom. The van der Waals surface area contributed by atoms with E-state index in [0.29, 0.717) is 12.3 Å². The van der Waals surface area contributed by atoms with Crippen LogP contribution in [0, 0.1) is 0 Å². The van der Waals surface area contributed by atoms with Crippen molar-refractivity contribution in [3.05, 3.63) is 23.8 Å². The molecule has 0 unspecified atom stereocenters. The molecule has 1 rings (SSSR count). The second-order valence-electron chi connectivity index (χ2n) is 4.54. The van der Waals surface area contributed by atoms with E-state index in [1.165, 1.54) is 0 Å². The van der Waals surface area contributed by atoms with Crippen LogP contribution < -0.4 is 10.1 Å². The van der Waals surface area contributed by atoms with Crippen molar-refractivity contribution in [2.45, 2.75) is 25.1 Å². The molecule has 0 aliphatic carbocycles. The summed E-state index contributed by atoms with van der Waals surface area (Å²) in [6.07, 6.45) is 2.10. The zero-order chi connectivity index (χ0) is 12.9. The predicted molar refractivity (Wildman–Crippen MR) is 74.0 cm³/mol. The van der Waals surface area contributed by atoms with Crippen molar-refractivity contribution in [3.8, 4) is 11.5 Å². The zero-order valence-corrected chi connectivity index (χ0v) is 11.7. The van der Waals surface area contributed by atoms with Crippen molar-refractivity contribution in [2.75, 3.05) is 19.9 Å². The molecule has 17 heavy (non-hydrogen) atoms. The molecule has 0 aliphatic rings. The van der Waals surface area contributed by atoms with Crippen molar-refractivity contribution in [3.63, 3.8) is 0 Å². The van der Waals surface area contributed by atoms with Crippen LogP contribution in [0.1, 0.15) is 19.4 Å². The van der Waals surface area contributed by atoms with Gasteiger partial charge in [0.15, 0.2) is 11.5 Å². The highest BCUT2D eigenvalue weighted by atomic mass is 32.2. The molecular weight excluding hydrogens is 234 g/mol. The Balaban J connectivity index is 2.58. The fraction of sp³-hybridized carbons (Fsp3) is 0.538. The number of methoxy groups -OCH3 is 1. The smallest absolute Gasteiger partial charge is 0.162 e. The summed E-state index contributed by atoms with van der Waals surface area (Å²) >= 11 is 1.82. The van der Waals surface area contributed by atoms with Crippen LogP contribution in [0.2, 0.25) is 0 Å². The van der Waals surface area contributed by atoms with Crippen molar-refractivity contribution < 1.29 is 9.84 Å². The molecule has 0 heterocycles. The van der Waals surface area contributed by atoms with E-state index in [-0.39, 0.29) is 10.5 Å². The first kappa shape index (κ1) is 14.2. The highest BCUT2D eigenvalue weighted by Crippen LogP contribution is 2.29. The van der Waals surface area contributed by atoms with Crippen LogP contribution in [-0.2, 0) is 6.54 Å². The average molecular weight is 255 g/mol. The number of rotatable bonds is 6. The van der Waals surface area contributed by atoms with Crippen molar-refractivity contribution in [1.82, 2.24) is 5.32 Å². The number of para-hydroxylation sites is 1. The quantitative estimate of drug-likeness (QED) is 0.820. The van der Waals surface area contributed by atoms with Gasteiger partial charge < -0.3 is 15.2 Å². The zero-order valence-electron chi connectivity index (χ0n) is 10.9. The molecule has 0 amide bonds. The summed E-state index contributed by atoms with van der Waals surface area (Å²) in [6, 6.07) is 5.54. The Labute approximate surface area is 108 Å². The standard InChI is InChI=1S/C13H21NO2S/c1-13(2,17-4)9-14-8-10-6-5-7-11(16-3)12(10)15/h5-7,14-15H,8-9H2,1-4H3. The first-order valence-electron chi connectivity index (χ1n) is 5.61. The number of hydrogen-bond donors (Lipinski definition) is 2. The molecule has 0 aliphatic heterocycles. The molecule has 0 aromatic heterocycles. The SMILES string of the molecule is COc1cccc(CNCC(C)(C)SC)c1O. The minimum atomic E-state index is 0.203. The third kappa shape index (κ3) is 4.13. The van der Waals surface area contributed by atoms with E-state index in [1.54, 1.807) is 13.2 Å². The first-order chi connectivity index (χ1) is 8.00. The summed E-state index contributed by atoms with van der Waals surface area (Å²) in [5.41, 5.74) is 0.862. The molecular formula is C13H21NO2S. The monoisotopic (exact) mass is 255 g/mol. The van der Waals surface area contributed by atoms with E-state index < -0.39 is 0 Å². The molecule has 4 heteroatoms. The second-order valence-corrected chi connectivity index (χ2v) is 6.05. The summed E-state index contributed by atoms with van der Waals surface area (Å²) in [4.78, 5) is 0. The fourth-order valence-electron chi connectivity index (χ4n) is 1.45. The molecule has 0 atom stereocenters. The summed E-state index contributed by atoms with van der Waals surface area (Å²) < 4.78 is 5.28. The van der Waals surface area contributed by atoms with Crippen molar-refractivity contribution in [1.29, 1.82) is 0 Å². The minimum Gasteiger partial charge on any atom is -0.504 e. The molecule has 0 fully saturated rings. The van der Waals surface area contributed by atoms with Gasteiger partial charge in [0.25, 0.3) is 0 Å². The van der Waals surface area contributed by atoms with E-state index in [0.717, 1.165) is 12.1 Å². The summed E-state index contributed by atoms with van der Waals surface area (Å²) in [6.45, 7) is 5.92. The molecule has 2 N–H and O–H groups in total. The fourth-order valence-corrected chi connectivity index (χ4v) is 1.69. The van der Waals surface area contributed by atoms with Gasteiger partial charge in [-0.15, -0.1) is 0 Å². The lowest BCUT2D eigenvalue weighted by molar-refractivity contribution is 0.369. The first-order valence-corrected chi connectivity index (χ1v) is 6.83. The Morgan fingerprint density at radius 3 is 2.71 bits per heavy atom. The average Bonchev–Trinajstić information content (AvgIpc) is 2.31. The van der Waals surface area contributed by atoms with E-state index in [2.05, 4.69) is 25.4 Å². The molecule has 0 radical (unpaired) electrons. The lowest BCUT2D eigenvalue weighted by Crippen LogP contribution is -2.31. The number of phenolic OH excluding ortho intramolecular Hbond substituents is 1. The Hall–Kier alpha value is -0.870. The lowest BCUT2D eigenvalue weighted by atomic mass is 10.1. The third-order valence-corrected chi connectivity index (χ3v) is 3.97. The second kappa shape index (κ2) is 6.17. The van der Waals surface area contributed by atoms with Gasteiger partial charge in [0.1, 0.15) is 0 Å². The van der Waals surface area contributed by atoms with Crippen LogP contribution in [0.25, 0.3) is 0 Å². The Bertz CT molecular complexity index is 366. The number of ether oxygens (including phenoxy) is 1. The van der Waals surface area contributed by atoms with E-state index >= 15 is 0 Å². The van der Waals surface area contributed by atoms with Crippen molar-refractivity contribution in [2.24, 2.45) is 0 Å². The van der Waals surface area contributed by atoms with Crippen LogP contribution in [0.3, 0.4) is 0 Å². The maximum absolute atomic E-state index is 9.91. The highest BCUT2D eigenvalue weighted by Gasteiger charge is 2.15. The minimum absolute atomic E-state index is 0.203. The maximum atomic E-state index is 9.91. The van der Waals surface area contributed by atoms with Crippen LogP contribution in [0.4, 0.5) is 0 Å². The molecule has 0 bridgehead atoms. The van der Waals surface area contributed by atoms with Gasteiger partial charge in [0.05, 0.1) is 7.11 Å². The number of benzene rings is 1. The van der Waals surface area contributed by atoms with E-state index in [4.69, 9.17) is 4.74 Å². The van der Waals surface area contributed by atoms with Crippen LogP contribution in [0.5, 0.6) is 11.5 Å². The van der Waals surface area contributed by atoms with Gasteiger partial charge in [-0.3, -0.25) is 0 Å². The largest absolute Gasteiger partial charge is 0.504 e. The van der Waals surface area contributed by atoms with E-state index in [1.807, 2.05) is 23.9 Å². The van der Waals surface area contributed by atoms with Gasteiger partial charge >= 0.3 is 0 Å². The number of aromatic hydroxyl groups is 1. The normalized spacial score (nSPS) is 11.5. The summed E-state index contributed by atoms with van der Waals surface area (Å²) in [7, 11) is 1.56. The van der Waals surface area contributed by atoms with Gasteiger partial charge in [-0.2, -0.15) is 11.8 Å². The number of thioether (sulfide) groups is 1. The molecule has 1 aromatic carbocycles. The lowest BCUT2D eigenvalue weighted by Gasteiger charge is -2.22. The van der Waals surface area contributed by atoms with Crippen LogP contribution in [0.15, 0.2) is 18.2 Å². The molecule has 0 saturated carbocycles. The maximum Gasteiger partial charge on any atom is 0.162 e. The van der Waals surface area contributed by atoms with E-state index in [9.17, 15) is 5.11 Å². The highest BCUT2D eigenvalue weighted by molar-refractivity contribution is 7.99. The topological polar surface area (TPSA) is 41.5 Å². The number of nitrogens with one attached hydrogen (secondary N) is 1.